The number of hydrazine groups is 3. The first-order valence-electron chi connectivity index (χ1n) is 12.1. The minimum Gasteiger partial charge on any atom is -0.276 e. The SMILES string of the molecule is O=S(=O)(Cc1ccccc1)NNc1nc(NNS(=O)(=O)Cc2ccccc2)nc(NNS(=O)(=O)Cc2ccccc2)n1. The van der Waals surface area contributed by atoms with Crippen LogP contribution in [0.1, 0.15) is 16.7 Å². The first-order valence-corrected chi connectivity index (χ1v) is 17.1. The molecule has 222 valence electrons. The third-order valence-electron chi connectivity index (χ3n) is 5.19. The minimum atomic E-state index is -3.92. The Morgan fingerprint density at radius 2 is 0.643 bits per heavy atom. The molecule has 42 heavy (non-hydrogen) atoms. The van der Waals surface area contributed by atoms with Crippen LogP contribution < -0.4 is 30.8 Å². The molecule has 4 rings (SSSR count). The normalized spacial score (nSPS) is 12.0. The minimum absolute atomic E-state index is 0.360. The molecule has 0 saturated carbocycles. The number of hydrogen-bond acceptors (Lipinski definition) is 12. The lowest BCUT2D eigenvalue weighted by Gasteiger charge is -2.13. The van der Waals surface area contributed by atoms with E-state index in [0.29, 0.717) is 16.7 Å². The summed E-state index contributed by atoms with van der Waals surface area (Å²) in [5.74, 6) is -2.22. The van der Waals surface area contributed by atoms with Gasteiger partial charge in [0.2, 0.25) is 47.9 Å². The molecular weight excluding hydrogens is 607 g/mol. The maximum atomic E-state index is 12.5. The lowest BCUT2D eigenvalue weighted by atomic mass is 10.2. The Morgan fingerprint density at radius 3 is 0.881 bits per heavy atom. The van der Waals surface area contributed by atoms with Crippen LogP contribution in [0.25, 0.3) is 0 Å². The molecule has 0 fully saturated rings. The molecular formula is C24H27N9O6S3. The molecule has 0 bridgehead atoms. The van der Waals surface area contributed by atoms with Crippen LogP contribution in [0.5, 0.6) is 0 Å². The smallest absolute Gasteiger partial charge is 0.244 e. The fraction of sp³-hybridized carbons (Fsp3) is 0.125. The molecule has 0 unspecified atom stereocenters. The summed E-state index contributed by atoms with van der Waals surface area (Å²) in [6.45, 7) is 0. The molecule has 15 nitrogen and oxygen atoms in total. The van der Waals surface area contributed by atoms with Crippen molar-refractivity contribution in [3.63, 3.8) is 0 Å². The van der Waals surface area contributed by atoms with Crippen molar-refractivity contribution in [3.8, 4) is 0 Å². The average Bonchev–Trinajstić information content (AvgIpc) is 2.95. The van der Waals surface area contributed by atoms with Crippen molar-refractivity contribution >= 4 is 47.9 Å². The van der Waals surface area contributed by atoms with Gasteiger partial charge in [-0.05, 0) is 16.7 Å². The van der Waals surface area contributed by atoms with Crippen LogP contribution in [0.2, 0.25) is 0 Å². The predicted octanol–water partition coefficient (Wildman–Crippen LogP) is 1.21. The van der Waals surface area contributed by atoms with Crippen molar-refractivity contribution in [2.24, 2.45) is 0 Å². The summed E-state index contributed by atoms with van der Waals surface area (Å²) < 4.78 is 75.3. The van der Waals surface area contributed by atoms with E-state index in [1.165, 1.54) is 0 Å². The standard InChI is InChI=1S/C24H27N9O6S3/c34-40(35,16-19-10-4-1-5-11-19)31-28-22-25-23(29-32-41(36,37)17-20-12-6-2-7-13-20)27-24(26-22)30-33-42(38,39)18-21-14-8-3-9-15-21/h1-15,31-33H,16-18H2,(H3,25,26,27,28,29,30). The van der Waals surface area contributed by atoms with Crippen molar-refractivity contribution in [2.75, 3.05) is 16.3 Å². The van der Waals surface area contributed by atoms with Crippen LogP contribution in [0.3, 0.4) is 0 Å². The third-order valence-corrected chi connectivity index (χ3v) is 8.57. The van der Waals surface area contributed by atoms with Gasteiger partial charge in [0.15, 0.2) is 0 Å². The highest BCUT2D eigenvalue weighted by atomic mass is 32.2. The number of anilines is 3. The van der Waals surface area contributed by atoms with Gasteiger partial charge >= 0.3 is 0 Å². The van der Waals surface area contributed by atoms with Gasteiger partial charge in [0.25, 0.3) is 0 Å². The number of rotatable bonds is 15. The van der Waals surface area contributed by atoms with Crippen molar-refractivity contribution in [3.05, 3.63) is 108 Å². The van der Waals surface area contributed by atoms with Crippen molar-refractivity contribution in [2.45, 2.75) is 17.3 Å². The summed E-state index contributed by atoms with van der Waals surface area (Å²) >= 11 is 0. The molecule has 6 N–H and O–H groups in total. The average molecular weight is 634 g/mol. The van der Waals surface area contributed by atoms with Gasteiger partial charge in [-0.15, -0.1) is 14.5 Å². The van der Waals surface area contributed by atoms with Crippen LogP contribution in [-0.4, -0.2) is 40.2 Å². The van der Waals surface area contributed by atoms with Crippen molar-refractivity contribution in [1.29, 1.82) is 0 Å². The van der Waals surface area contributed by atoms with Gasteiger partial charge in [-0.2, -0.15) is 15.0 Å². The summed E-state index contributed by atoms with van der Waals surface area (Å²) in [5, 5.41) is 0. The van der Waals surface area contributed by atoms with E-state index in [1.807, 2.05) is 0 Å². The number of nitrogens with one attached hydrogen (secondary N) is 6. The molecule has 3 aromatic carbocycles. The van der Waals surface area contributed by atoms with E-state index in [9.17, 15) is 25.3 Å². The largest absolute Gasteiger partial charge is 0.276 e. The van der Waals surface area contributed by atoms with Gasteiger partial charge < -0.3 is 0 Å². The maximum Gasteiger partial charge on any atom is 0.244 e. The number of hydrogen-bond donors (Lipinski definition) is 6. The highest BCUT2D eigenvalue weighted by molar-refractivity contribution is 7.89. The summed E-state index contributed by atoms with van der Waals surface area (Å²) in [5.41, 5.74) is 8.54. The van der Waals surface area contributed by atoms with Gasteiger partial charge in [0, 0.05) is 0 Å². The molecule has 0 amide bonds. The number of nitrogens with zero attached hydrogens (tertiary/aromatic N) is 3. The lowest BCUT2D eigenvalue weighted by molar-refractivity contribution is 0.585. The Bertz CT molecular complexity index is 1570. The Kier molecular flexibility index (Phi) is 9.99. The van der Waals surface area contributed by atoms with Crippen molar-refractivity contribution < 1.29 is 25.3 Å². The van der Waals surface area contributed by atoms with E-state index in [-0.39, 0.29) is 35.1 Å². The highest BCUT2D eigenvalue weighted by Gasteiger charge is 2.17. The van der Waals surface area contributed by atoms with E-state index < -0.39 is 30.1 Å². The zero-order valence-corrected chi connectivity index (χ0v) is 24.2. The molecule has 1 aromatic heterocycles. The molecule has 0 aliphatic carbocycles. The van der Waals surface area contributed by atoms with Crippen LogP contribution in [0.15, 0.2) is 91.0 Å². The molecule has 4 aromatic rings. The number of sulfonamides is 3. The molecule has 0 spiro atoms. The van der Waals surface area contributed by atoms with E-state index in [4.69, 9.17) is 0 Å². The van der Waals surface area contributed by atoms with E-state index >= 15 is 0 Å². The second-order valence-corrected chi connectivity index (χ2v) is 13.9. The summed E-state index contributed by atoms with van der Waals surface area (Å²) in [6, 6.07) is 25.2. The first-order chi connectivity index (χ1) is 20.0. The van der Waals surface area contributed by atoms with Crippen LogP contribution >= 0.6 is 0 Å². The Hall–Kier alpha value is -4.20. The zero-order valence-electron chi connectivity index (χ0n) is 21.8. The topological polar surface area (TPSA) is 213 Å². The highest BCUT2D eigenvalue weighted by Crippen LogP contribution is 2.11. The summed E-state index contributed by atoms with van der Waals surface area (Å²) in [6.07, 6.45) is 0. The monoisotopic (exact) mass is 633 g/mol. The van der Waals surface area contributed by atoms with Crippen molar-refractivity contribution in [1.82, 2.24) is 29.4 Å². The second kappa shape index (κ2) is 13.6. The number of aromatic nitrogens is 3. The molecule has 1 heterocycles. The Morgan fingerprint density at radius 1 is 0.405 bits per heavy atom. The van der Waals surface area contributed by atoms with E-state index in [1.54, 1.807) is 91.0 Å². The van der Waals surface area contributed by atoms with E-state index in [2.05, 4.69) is 45.7 Å². The fourth-order valence-corrected chi connectivity index (χ4v) is 6.25. The molecule has 0 atom stereocenters. The van der Waals surface area contributed by atoms with Crippen LogP contribution in [0.4, 0.5) is 17.8 Å². The van der Waals surface area contributed by atoms with Crippen LogP contribution in [-0.2, 0) is 47.3 Å². The third kappa shape index (κ3) is 10.3. The number of benzene rings is 3. The second-order valence-electron chi connectivity index (χ2n) is 8.72. The van der Waals surface area contributed by atoms with Gasteiger partial charge in [0.05, 0.1) is 17.3 Å². The summed E-state index contributed by atoms with van der Waals surface area (Å²) in [4.78, 5) is 18.2. The maximum absolute atomic E-state index is 12.5. The molecule has 0 aliphatic heterocycles. The predicted molar refractivity (Wildman–Crippen MR) is 157 cm³/mol. The zero-order chi connectivity index (χ0) is 30.1. The molecule has 0 radical (unpaired) electrons. The molecule has 0 aliphatic rings. The molecule has 0 saturated heterocycles. The fourth-order valence-electron chi connectivity index (χ4n) is 3.40. The first kappa shape index (κ1) is 30.8. The molecule has 18 heteroatoms. The van der Waals surface area contributed by atoms with Gasteiger partial charge in [-0.3, -0.25) is 16.3 Å². The Balaban J connectivity index is 1.49. The van der Waals surface area contributed by atoms with Gasteiger partial charge in [0.1, 0.15) is 0 Å². The Labute approximate surface area is 243 Å². The van der Waals surface area contributed by atoms with Gasteiger partial charge in [-0.1, -0.05) is 91.0 Å². The van der Waals surface area contributed by atoms with Gasteiger partial charge in [-0.25, -0.2) is 25.3 Å². The quantitative estimate of drug-likeness (QED) is 0.102. The van der Waals surface area contributed by atoms with Crippen LogP contribution in [0, 0.1) is 0 Å². The summed E-state index contributed by atoms with van der Waals surface area (Å²) in [7, 11) is -11.8. The lowest BCUT2D eigenvalue weighted by Crippen LogP contribution is -2.35. The van der Waals surface area contributed by atoms with E-state index in [0.717, 1.165) is 0 Å².